The predicted octanol–water partition coefficient (Wildman–Crippen LogP) is 3.18. The number of nitrogens with zero attached hydrogens (tertiary/aromatic N) is 1. The van der Waals surface area contributed by atoms with Gasteiger partial charge in [-0.2, -0.15) is 13.2 Å². The molecule has 3 rings (SSSR count). The Morgan fingerprint density at radius 3 is 2.00 bits per heavy atom. The molecule has 27 heavy (non-hydrogen) atoms. The van der Waals surface area contributed by atoms with Gasteiger partial charge < -0.3 is 8.97 Å². The van der Waals surface area contributed by atoms with Crippen molar-refractivity contribution in [3.05, 3.63) is 66.2 Å². The van der Waals surface area contributed by atoms with Crippen LogP contribution in [0.25, 0.3) is 22.1 Å². The highest BCUT2D eigenvalue weighted by atomic mass is 32.2. The van der Waals surface area contributed by atoms with Crippen LogP contribution < -0.4 is 10.1 Å². The van der Waals surface area contributed by atoms with Gasteiger partial charge in [0.15, 0.2) is 10.1 Å². The zero-order valence-corrected chi connectivity index (χ0v) is 15.2. The topological polar surface area (TPSA) is 73.3 Å². The number of alkyl halides is 3. The average molecular weight is 399 g/mol. The van der Waals surface area contributed by atoms with Gasteiger partial charge in [0.2, 0.25) is 0 Å². The molecule has 0 saturated heterocycles. The summed E-state index contributed by atoms with van der Waals surface area (Å²) in [5, 5.41) is 2.32. The molecule has 5 nitrogen and oxygen atoms in total. The van der Waals surface area contributed by atoms with Crippen LogP contribution >= 0.6 is 0 Å². The van der Waals surface area contributed by atoms with Crippen molar-refractivity contribution in [2.45, 2.75) is 5.51 Å². The smallest absolute Gasteiger partial charge is 0.485 e. The Bertz CT molecular complexity index is 1100. The Labute approximate surface area is 153 Å². The number of fused-ring (bicyclic) bond motifs is 1. The lowest BCUT2D eigenvalue weighted by Crippen LogP contribution is -2.22. The third kappa shape index (κ3) is 5.18. The second-order valence-corrected chi connectivity index (χ2v) is 7.03. The van der Waals surface area contributed by atoms with Crippen LogP contribution in [-0.4, -0.2) is 32.6 Å². The largest absolute Gasteiger partial charge is 0.741 e. The van der Waals surface area contributed by atoms with Crippen molar-refractivity contribution in [1.82, 2.24) is 4.58 Å². The first-order chi connectivity index (χ1) is 12.5. The molecule has 2 aromatic carbocycles. The van der Waals surface area contributed by atoms with Gasteiger partial charge in [-0.05, 0) is 17.5 Å². The third-order valence-electron chi connectivity index (χ3n) is 3.43. The van der Waals surface area contributed by atoms with Crippen molar-refractivity contribution >= 4 is 20.9 Å². The van der Waals surface area contributed by atoms with Gasteiger partial charge in [-0.25, -0.2) is 13.0 Å². The minimum Gasteiger partial charge on any atom is -0.741 e. The molecule has 0 radical (unpaired) electrons. The van der Waals surface area contributed by atoms with E-state index >= 15 is 0 Å². The fourth-order valence-electron chi connectivity index (χ4n) is 2.22. The van der Waals surface area contributed by atoms with E-state index in [9.17, 15) is 13.2 Å². The number of benzene rings is 2. The Kier molecular flexibility index (Phi) is 6.07. The molecule has 0 saturated carbocycles. The van der Waals surface area contributed by atoms with Gasteiger partial charge in [0, 0.05) is 5.56 Å². The Hall–Kier alpha value is -2.65. The summed E-state index contributed by atoms with van der Waals surface area (Å²) >= 11 is 0. The van der Waals surface area contributed by atoms with E-state index in [1.807, 2.05) is 42.9 Å². The molecule has 0 aliphatic carbocycles. The molecule has 0 N–H and O–H groups in total. The minimum absolute atomic E-state index is 0.886. The summed E-state index contributed by atoms with van der Waals surface area (Å²) in [5.41, 5.74) is -3.67. The molecular weight excluding hydrogens is 383 g/mol. The lowest BCUT2D eigenvalue weighted by atomic mass is 10.1. The Balaban J connectivity index is 0.000000279. The van der Waals surface area contributed by atoms with Crippen LogP contribution in [0.4, 0.5) is 13.2 Å². The van der Waals surface area contributed by atoms with E-state index < -0.39 is 15.6 Å². The zero-order valence-electron chi connectivity index (χ0n) is 14.4. The normalized spacial score (nSPS) is 11.6. The molecule has 3 aromatic rings. The first-order valence-electron chi connectivity index (χ1n) is 7.61. The molecular formula is C18H16F3NO4S. The minimum atomic E-state index is -6.09. The predicted molar refractivity (Wildman–Crippen MR) is 94.5 cm³/mol. The fraction of sp³-hybridized carbons (Fsp3) is 0.167. The van der Waals surface area contributed by atoms with E-state index in [-0.39, 0.29) is 0 Å². The monoisotopic (exact) mass is 399 g/mol. The zero-order chi connectivity index (χ0) is 20.2. The van der Waals surface area contributed by atoms with Crippen molar-refractivity contribution in [3.8, 4) is 11.3 Å². The van der Waals surface area contributed by atoms with E-state index in [0.29, 0.717) is 0 Å². The van der Waals surface area contributed by atoms with Gasteiger partial charge in [0.25, 0.3) is 0 Å². The van der Waals surface area contributed by atoms with Gasteiger partial charge >= 0.3 is 11.1 Å². The van der Waals surface area contributed by atoms with Crippen molar-refractivity contribution in [3.63, 3.8) is 0 Å². The van der Waals surface area contributed by atoms with E-state index in [2.05, 4.69) is 36.4 Å². The van der Waals surface area contributed by atoms with Crippen molar-refractivity contribution in [2.75, 3.05) is 14.1 Å². The highest BCUT2D eigenvalue weighted by Gasteiger charge is 2.36. The number of rotatable bonds is 1. The summed E-state index contributed by atoms with van der Waals surface area (Å²) in [6, 6.07) is 20.6. The first kappa shape index (κ1) is 20.7. The van der Waals surface area contributed by atoms with Gasteiger partial charge in [-0.3, -0.25) is 0 Å². The summed E-state index contributed by atoms with van der Waals surface area (Å²) in [4.78, 5) is 0. The van der Waals surface area contributed by atoms with Gasteiger partial charge in [-0.15, -0.1) is 0 Å². The summed E-state index contributed by atoms with van der Waals surface area (Å²) < 4.78 is 67.0. The van der Waals surface area contributed by atoms with Crippen LogP contribution in [0, 0.1) is 0 Å². The van der Waals surface area contributed by atoms with Crippen LogP contribution in [0.1, 0.15) is 0 Å². The standard InChI is InChI=1S/C17H16NO.CHF3O3S/c1-18(2)17-15-11-7-6-10-14(15)12-16(19-17)13-8-4-3-5-9-13;2-1(3,4)8(5,6)7/h3-12H,1-2H3;(H,5,6,7)/q+1;/p-1. The van der Waals surface area contributed by atoms with Gasteiger partial charge in [0.05, 0.1) is 5.39 Å². The van der Waals surface area contributed by atoms with Crippen LogP contribution in [0.5, 0.6) is 0 Å². The molecule has 0 atom stereocenters. The quantitative estimate of drug-likeness (QED) is 0.358. The number of hydrogen-bond donors (Lipinski definition) is 0. The van der Waals surface area contributed by atoms with E-state index in [0.717, 1.165) is 22.3 Å². The first-order valence-corrected chi connectivity index (χ1v) is 9.02. The maximum absolute atomic E-state index is 10.7. The van der Waals surface area contributed by atoms with Crippen LogP contribution in [-0.2, 0) is 10.1 Å². The summed E-state index contributed by atoms with van der Waals surface area (Å²) in [5.74, 6) is 0.892. The van der Waals surface area contributed by atoms with E-state index in [1.54, 1.807) is 0 Å². The molecule has 0 bridgehead atoms. The summed E-state index contributed by atoms with van der Waals surface area (Å²) in [7, 11) is -2.09. The van der Waals surface area contributed by atoms with Crippen molar-refractivity contribution < 1.29 is 30.6 Å². The molecule has 1 heterocycles. The van der Waals surface area contributed by atoms with Crippen LogP contribution in [0.15, 0.2) is 65.1 Å². The molecule has 1 aromatic heterocycles. The molecule has 0 unspecified atom stereocenters. The molecule has 144 valence electrons. The average Bonchev–Trinajstić information content (AvgIpc) is 2.60. The second kappa shape index (κ2) is 7.93. The van der Waals surface area contributed by atoms with Crippen molar-refractivity contribution in [1.29, 1.82) is 0 Å². The molecule has 0 spiro atoms. The third-order valence-corrected chi connectivity index (χ3v) is 4.00. The van der Waals surface area contributed by atoms with E-state index in [1.165, 1.54) is 5.39 Å². The SMILES string of the molecule is C[N+](C)=c1oc(-c2ccccc2)cc2ccccc12.O=S(=O)([O-])C(F)(F)F. The van der Waals surface area contributed by atoms with Crippen LogP contribution in [0.3, 0.4) is 0 Å². The van der Waals surface area contributed by atoms with Crippen molar-refractivity contribution in [2.24, 2.45) is 0 Å². The summed E-state index contributed by atoms with van der Waals surface area (Å²) in [6.45, 7) is 0. The molecule has 0 amide bonds. The Morgan fingerprint density at radius 1 is 0.963 bits per heavy atom. The molecule has 9 heteroatoms. The highest BCUT2D eigenvalue weighted by molar-refractivity contribution is 7.86. The molecule has 0 fully saturated rings. The summed E-state index contributed by atoms with van der Waals surface area (Å²) in [6.07, 6.45) is 0. The number of hydrogen-bond acceptors (Lipinski definition) is 4. The van der Waals surface area contributed by atoms with E-state index in [4.69, 9.17) is 17.4 Å². The van der Waals surface area contributed by atoms with Gasteiger partial charge in [-0.1, -0.05) is 48.5 Å². The molecule has 0 aliphatic rings. The van der Waals surface area contributed by atoms with Crippen LogP contribution in [0.2, 0.25) is 0 Å². The lowest BCUT2D eigenvalue weighted by Gasteiger charge is -2.08. The number of halogens is 3. The maximum Gasteiger partial charge on any atom is 0.485 e. The maximum atomic E-state index is 10.7. The highest BCUT2D eigenvalue weighted by Crippen LogP contribution is 2.21. The Morgan fingerprint density at radius 2 is 1.48 bits per heavy atom. The fourth-order valence-corrected chi connectivity index (χ4v) is 2.22. The second-order valence-electron chi connectivity index (χ2n) is 5.66. The molecule has 0 aliphatic heterocycles. The lowest BCUT2D eigenvalue weighted by molar-refractivity contribution is -0.0517. The van der Waals surface area contributed by atoms with Gasteiger partial charge in [0.1, 0.15) is 19.9 Å².